The van der Waals surface area contributed by atoms with Crippen molar-refractivity contribution < 1.29 is 19.1 Å². The molecule has 2 aliphatic rings. The Hall–Kier alpha value is -1.99. The molecule has 1 atom stereocenters. The van der Waals surface area contributed by atoms with Crippen LogP contribution in [0.25, 0.3) is 0 Å². The second kappa shape index (κ2) is 10.5. The summed E-state index contributed by atoms with van der Waals surface area (Å²) in [4.78, 5) is 27.0. The molecule has 0 aliphatic carbocycles. The van der Waals surface area contributed by atoms with E-state index in [1.54, 1.807) is 37.3 Å². The Morgan fingerprint density at radius 2 is 1.75 bits per heavy atom. The normalized spacial score (nSPS) is 19.6. The van der Waals surface area contributed by atoms with Crippen LogP contribution in [0.4, 0.5) is 0 Å². The summed E-state index contributed by atoms with van der Waals surface area (Å²) in [7, 11) is 3.13. The highest BCUT2D eigenvalue weighted by molar-refractivity contribution is 5.95. The van der Waals surface area contributed by atoms with Gasteiger partial charge in [-0.05, 0) is 44.4 Å². The van der Waals surface area contributed by atoms with Gasteiger partial charge in [-0.1, -0.05) is 0 Å². The molecule has 28 heavy (non-hydrogen) atoms. The van der Waals surface area contributed by atoms with Crippen molar-refractivity contribution in [1.29, 1.82) is 0 Å². The number of ether oxygens (including phenoxy) is 2. The number of hydrogen-bond donors (Lipinski definition) is 2. The first-order valence-corrected chi connectivity index (χ1v) is 9.64. The van der Waals surface area contributed by atoms with Gasteiger partial charge in [-0.15, -0.1) is 12.4 Å². The molecule has 1 unspecified atom stereocenters. The quantitative estimate of drug-likeness (QED) is 0.746. The van der Waals surface area contributed by atoms with Crippen molar-refractivity contribution in [2.24, 2.45) is 5.92 Å². The Kier molecular flexibility index (Phi) is 8.38. The first-order valence-electron chi connectivity index (χ1n) is 9.64. The molecule has 0 bridgehead atoms. The zero-order chi connectivity index (χ0) is 19.2. The van der Waals surface area contributed by atoms with Crippen LogP contribution in [0.3, 0.4) is 0 Å². The van der Waals surface area contributed by atoms with E-state index in [4.69, 9.17) is 9.47 Å². The predicted molar refractivity (Wildman–Crippen MR) is 109 cm³/mol. The highest BCUT2D eigenvalue weighted by Crippen LogP contribution is 2.25. The molecule has 1 aromatic carbocycles. The van der Waals surface area contributed by atoms with Gasteiger partial charge in [0.25, 0.3) is 5.91 Å². The van der Waals surface area contributed by atoms with Crippen molar-refractivity contribution in [2.45, 2.75) is 31.7 Å². The monoisotopic (exact) mass is 411 g/mol. The molecule has 2 saturated heterocycles. The molecule has 2 amide bonds. The summed E-state index contributed by atoms with van der Waals surface area (Å²) in [6, 6.07) is 5.59. The van der Waals surface area contributed by atoms with Crippen molar-refractivity contribution in [2.75, 3.05) is 40.4 Å². The Morgan fingerprint density at radius 3 is 2.29 bits per heavy atom. The topological polar surface area (TPSA) is 79.9 Å². The first kappa shape index (κ1) is 22.3. The van der Waals surface area contributed by atoms with Gasteiger partial charge in [-0.2, -0.15) is 0 Å². The first-order chi connectivity index (χ1) is 13.1. The average molecular weight is 412 g/mol. The molecular weight excluding hydrogens is 382 g/mol. The second-order valence-electron chi connectivity index (χ2n) is 7.21. The van der Waals surface area contributed by atoms with Crippen molar-refractivity contribution in [3.63, 3.8) is 0 Å². The maximum Gasteiger partial charge on any atom is 0.254 e. The zero-order valence-corrected chi connectivity index (χ0v) is 17.3. The largest absolute Gasteiger partial charge is 0.497 e. The summed E-state index contributed by atoms with van der Waals surface area (Å²) in [6.07, 6.45) is 3.68. The molecule has 3 rings (SSSR count). The van der Waals surface area contributed by atoms with Crippen LogP contribution < -0.4 is 20.1 Å². The molecule has 0 radical (unpaired) electrons. The number of carbonyl (C=O) groups excluding carboxylic acids is 2. The van der Waals surface area contributed by atoms with E-state index in [-0.39, 0.29) is 30.1 Å². The molecule has 8 heteroatoms. The van der Waals surface area contributed by atoms with E-state index in [0.717, 1.165) is 13.0 Å². The summed E-state index contributed by atoms with van der Waals surface area (Å²) < 4.78 is 10.5. The third-order valence-corrected chi connectivity index (χ3v) is 5.44. The fourth-order valence-corrected chi connectivity index (χ4v) is 3.76. The fourth-order valence-electron chi connectivity index (χ4n) is 3.76. The molecule has 2 aliphatic heterocycles. The molecular formula is C20H30ClN3O4. The molecule has 0 saturated carbocycles. The van der Waals surface area contributed by atoms with E-state index >= 15 is 0 Å². The van der Waals surface area contributed by atoms with Crippen LogP contribution in [0.15, 0.2) is 18.2 Å². The van der Waals surface area contributed by atoms with Gasteiger partial charge >= 0.3 is 0 Å². The van der Waals surface area contributed by atoms with E-state index < -0.39 is 0 Å². The van der Waals surface area contributed by atoms with Gasteiger partial charge in [0.2, 0.25) is 5.91 Å². The molecule has 156 valence electrons. The number of likely N-dealkylation sites (tertiary alicyclic amines) is 1. The zero-order valence-electron chi connectivity index (χ0n) is 16.5. The number of nitrogens with one attached hydrogen (secondary N) is 2. The number of piperidine rings is 1. The molecule has 1 aromatic rings. The Balaban J connectivity index is 0.00000280. The van der Waals surface area contributed by atoms with E-state index in [1.165, 1.54) is 6.42 Å². The van der Waals surface area contributed by atoms with Crippen LogP contribution in [0, 0.1) is 5.92 Å². The van der Waals surface area contributed by atoms with Crippen LogP contribution in [-0.4, -0.2) is 63.2 Å². The number of carbonyl (C=O) groups is 2. The van der Waals surface area contributed by atoms with Crippen LogP contribution >= 0.6 is 12.4 Å². The van der Waals surface area contributed by atoms with Gasteiger partial charge in [0.05, 0.1) is 14.2 Å². The summed E-state index contributed by atoms with van der Waals surface area (Å²) in [5.41, 5.74) is 0.543. The van der Waals surface area contributed by atoms with Gasteiger partial charge in [0, 0.05) is 43.2 Å². The predicted octanol–water partition coefficient (Wildman–Crippen LogP) is 1.85. The number of methoxy groups -OCH3 is 2. The Bertz CT molecular complexity index is 649. The standard InChI is InChI=1S/C20H29N3O4.ClH/c1-26-17-10-15(11-18(12-17)27-2)20(25)23-8-5-14(6-9-23)19(24)22-13-16-4-3-7-21-16;/h10-12,14,16,21H,3-9,13H2,1-2H3,(H,22,24);1H. The lowest BCUT2D eigenvalue weighted by Crippen LogP contribution is -2.45. The number of halogens is 1. The van der Waals surface area contributed by atoms with Crippen molar-refractivity contribution in [1.82, 2.24) is 15.5 Å². The number of nitrogens with zero attached hydrogens (tertiary/aromatic N) is 1. The minimum Gasteiger partial charge on any atom is -0.497 e. The van der Waals surface area contributed by atoms with Gasteiger partial charge in [0.15, 0.2) is 0 Å². The summed E-state index contributed by atoms with van der Waals surface area (Å²) in [6.45, 7) is 2.90. The molecule has 2 heterocycles. The lowest BCUT2D eigenvalue weighted by molar-refractivity contribution is -0.126. The van der Waals surface area contributed by atoms with Crippen LogP contribution in [-0.2, 0) is 4.79 Å². The minimum atomic E-state index is -0.0544. The van der Waals surface area contributed by atoms with Gasteiger partial charge < -0.3 is 25.0 Å². The highest BCUT2D eigenvalue weighted by Gasteiger charge is 2.28. The van der Waals surface area contributed by atoms with Crippen molar-refractivity contribution in [3.8, 4) is 11.5 Å². The van der Waals surface area contributed by atoms with E-state index in [1.807, 2.05) is 0 Å². The fraction of sp³-hybridized carbons (Fsp3) is 0.600. The number of benzene rings is 1. The van der Waals surface area contributed by atoms with Gasteiger partial charge in [-0.3, -0.25) is 9.59 Å². The van der Waals surface area contributed by atoms with Gasteiger partial charge in [0.1, 0.15) is 11.5 Å². The lowest BCUT2D eigenvalue weighted by Gasteiger charge is -2.31. The summed E-state index contributed by atoms with van der Waals surface area (Å²) in [5.74, 6) is 1.22. The van der Waals surface area contributed by atoms with Crippen LogP contribution in [0.5, 0.6) is 11.5 Å². The average Bonchev–Trinajstić information content (AvgIpc) is 3.24. The summed E-state index contributed by atoms with van der Waals surface area (Å²) >= 11 is 0. The molecule has 2 fully saturated rings. The van der Waals surface area contributed by atoms with Gasteiger partial charge in [-0.25, -0.2) is 0 Å². The molecule has 0 aromatic heterocycles. The van der Waals surface area contributed by atoms with E-state index in [9.17, 15) is 9.59 Å². The van der Waals surface area contributed by atoms with E-state index in [2.05, 4.69) is 10.6 Å². The SMILES string of the molecule is COc1cc(OC)cc(C(=O)N2CCC(C(=O)NCC3CCCN3)CC2)c1.Cl. The highest BCUT2D eigenvalue weighted by atomic mass is 35.5. The number of hydrogen-bond acceptors (Lipinski definition) is 5. The summed E-state index contributed by atoms with van der Waals surface area (Å²) in [5, 5.41) is 6.45. The molecule has 0 spiro atoms. The smallest absolute Gasteiger partial charge is 0.254 e. The number of amides is 2. The third-order valence-electron chi connectivity index (χ3n) is 5.44. The second-order valence-corrected chi connectivity index (χ2v) is 7.21. The maximum atomic E-state index is 12.8. The Labute approximate surface area is 172 Å². The van der Waals surface area contributed by atoms with Crippen LogP contribution in [0.1, 0.15) is 36.0 Å². The number of rotatable bonds is 6. The molecule has 2 N–H and O–H groups in total. The van der Waals surface area contributed by atoms with E-state index in [0.29, 0.717) is 55.6 Å². The lowest BCUT2D eigenvalue weighted by atomic mass is 9.95. The molecule has 7 nitrogen and oxygen atoms in total. The Morgan fingerprint density at radius 1 is 1.11 bits per heavy atom. The van der Waals surface area contributed by atoms with Crippen molar-refractivity contribution >= 4 is 24.2 Å². The van der Waals surface area contributed by atoms with Crippen molar-refractivity contribution in [3.05, 3.63) is 23.8 Å². The van der Waals surface area contributed by atoms with Crippen LogP contribution in [0.2, 0.25) is 0 Å². The minimum absolute atomic E-state index is 0. The maximum absolute atomic E-state index is 12.8. The third kappa shape index (κ3) is 5.52.